The van der Waals surface area contributed by atoms with Gasteiger partial charge in [-0.1, -0.05) is 5.16 Å². The van der Waals surface area contributed by atoms with Gasteiger partial charge in [0, 0.05) is 31.3 Å². The number of aliphatic carboxylic acids is 1. The number of nitrogens with zero attached hydrogens (tertiary/aromatic N) is 2. The summed E-state index contributed by atoms with van der Waals surface area (Å²) in [6.07, 6.45) is -2.35. The van der Waals surface area contributed by atoms with Gasteiger partial charge < -0.3 is 19.1 Å². The Labute approximate surface area is 155 Å². The van der Waals surface area contributed by atoms with E-state index in [1.165, 1.54) is 5.56 Å². The second kappa shape index (κ2) is 9.03. The van der Waals surface area contributed by atoms with E-state index in [0.717, 1.165) is 50.6 Å². The molecule has 0 spiro atoms. The molecule has 0 amide bonds. The third-order valence-corrected chi connectivity index (χ3v) is 4.82. The van der Waals surface area contributed by atoms with Gasteiger partial charge in [0.05, 0.1) is 24.5 Å². The van der Waals surface area contributed by atoms with Crippen molar-refractivity contribution in [3.05, 3.63) is 17.0 Å². The Morgan fingerprint density at radius 3 is 2.56 bits per heavy atom. The first-order valence-corrected chi connectivity index (χ1v) is 8.84. The molecule has 1 N–H and O–H groups in total. The van der Waals surface area contributed by atoms with Crippen molar-refractivity contribution in [2.24, 2.45) is 0 Å². The summed E-state index contributed by atoms with van der Waals surface area (Å²) in [5, 5.41) is 11.2. The van der Waals surface area contributed by atoms with Crippen molar-refractivity contribution < 1.29 is 37.1 Å². The van der Waals surface area contributed by atoms with Crippen LogP contribution in [0.2, 0.25) is 0 Å². The highest BCUT2D eigenvalue weighted by Gasteiger charge is 2.43. The third kappa shape index (κ3) is 5.43. The van der Waals surface area contributed by atoms with Gasteiger partial charge in [0.15, 0.2) is 0 Å². The second-order valence-electron chi connectivity index (χ2n) is 6.55. The van der Waals surface area contributed by atoms with E-state index in [2.05, 4.69) is 17.0 Å². The van der Waals surface area contributed by atoms with Crippen LogP contribution in [-0.4, -0.2) is 65.3 Å². The summed E-state index contributed by atoms with van der Waals surface area (Å²) in [5.74, 6) is -1.82. The highest BCUT2D eigenvalue weighted by molar-refractivity contribution is 5.73. The minimum Gasteiger partial charge on any atom is -0.475 e. The molecule has 3 atom stereocenters. The minimum absolute atomic E-state index is 0.226. The molecule has 7 nitrogen and oxygen atoms in total. The summed E-state index contributed by atoms with van der Waals surface area (Å²) >= 11 is 0. The number of fused-ring (bicyclic) bond motifs is 1. The van der Waals surface area contributed by atoms with E-state index in [1.54, 1.807) is 0 Å². The topological polar surface area (TPSA) is 85.0 Å². The Morgan fingerprint density at radius 2 is 2.04 bits per heavy atom. The molecule has 27 heavy (non-hydrogen) atoms. The molecule has 2 fully saturated rings. The molecule has 1 saturated heterocycles. The zero-order chi connectivity index (χ0) is 20.2. The molecule has 1 aromatic rings. The third-order valence-electron chi connectivity index (χ3n) is 4.82. The van der Waals surface area contributed by atoms with Crippen molar-refractivity contribution >= 4 is 5.97 Å². The van der Waals surface area contributed by atoms with Crippen LogP contribution in [0.25, 0.3) is 0 Å². The minimum atomic E-state index is -5.08. The van der Waals surface area contributed by atoms with Gasteiger partial charge in [-0.15, -0.1) is 0 Å². The Bertz CT molecular complexity index is 615. The van der Waals surface area contributed by atoms with Gasteiger partial charge in [0.2, 0.25) is 0 Å². The van der Waals surface area contributed by atoms with E-state index < -0.39 is 12.1 Å². The van der Waals surface area contributed by atoms with Crippen molar-refractivity contribution in [1.29, 1.82) is 0 Å². The van der Waals surface area contributed by atoms with Gasteiger partial charge in [0.25, 0.3) is 0 Å². The summed E-state index contributed by atoms with van der Waals surface area (Å²) in [6.45, 7) is 9.49. The molecule has 2 aliphatic rings. The van der Waals surface area contributed by atoms with Gasteiger partial charge in [0.1, 0.15) is 5.76 Å². The number of carboxylic acid groups (broad SMARTS) is 1. The summed E-state index contributed by atoms with van der Waals surface area (Å²) in [7, 11) is 0. The molecule has 1 aromatic heterocycles. The van der Waals surface area contributed by atoms with Crippen molar-refractivity contribution in [2.75, 3.05) is 19.8 Å². The first kappa shape index (κ1) is 21.6. The maximum absolute atomic E-state index is 10.6. The number of carbonyl (C=O) groups is 1. The molecule has 1 saturated carbocycles. The lowest BCUT2D eigenvalue weighted by Gasteiger charge is -2.39. The average molecular weight is 394 g/mol. The quantitative estimate of drug-likeness (QED) is 0.840. The monoisotopic (exact) mass is 394 g/mol. The average Bonchev–Trinajstić information content (AvgIpc) is 3.14. The van der Waals surface area contributed by atoms with E-state index in [4.69, 9.17) is 23.9 Å². The molecule has 0 unspecified atom stereocenters. The molecule has 3 rings (SSSR count). The highest BCUT2D eigenvalue weighted by atomic mass is 19.4. The molecule has 2 heterocycles. The van der Waals surface area contributed by atoms with Gasteiger partial charge in [-0.2, -0.15) is 13.2 Å². The van der Waals surface area contributed by atoms with Crippen LogP contribution in [-0.2, 0) is 20.8 Å². The smallest absolute Gasteiger partial charge is 0.475 e. The van der Waals surface area contributed by atoms with Crippen molar-refractivity contribution in [3.8, 4) is 0 Å². The fraction of sp³-hybridized carbons (Fsp3) is 0.765. The largest absolute Gasteiger partial charge is 0.490 e. The molecule has 0 aromatic carbocycles. The van der Waals surface area contributed by atoms with Crippen LogP contribution in [0.4, 0.5) is 13.2 Å². The Morgan fingerprint density at radius 1 is 1.37 bits per heavy atom. The predicted molar refractivity (Wildman–Crippen MR) is 88.3 cm³/mol. The lowest BCUT2D eigenvalue weighted by molar-refractivity contribution is -0.192. The summed E-state index contributed by atoms with van der Waals surface area (Å²) < 4.78 is 48.8. The molecule has 154 valence electrons. The van der Waals surface area contributed by atoms with Crippen LogP contribution in [0.1, 0.15) is 36.8 Å². The van der Waals surface area contributed by atoms with Crippen LogP contribution in [0.3, 0.4) is 0 Å². The summed E-state index contributed by atoms with van der Waals surface area (Å²) in [6, 6.07) is 0.467. The molecule has 0 bridgehead atoms. The maximum atomic E-state index is 10.6. The summed E-state index contributed by atoms with van der Waals surface area (Å²) in [4.78, 5) is 11.4. The van der Waals surface area contributed by atoms with Crippen molar-refractivity contribution in [1.82, 2.24) is 10.1 Å². The van der Waals surface area contributed by atoms with Gasteiger partial charge in [-0.05, 0) is 33.6 Å². The van der Waals surface area contributed by atoms with Gasteiger partial charge in [-0.25, -0.2) is 4.79 Å². The number of aromatic nitrogens is 1. The number of rotatable bonds is 4. The van der Waals surface area contributed by atoms with E-state index in [1.807, 2.05) is 13.8 Å². The standard InChI is InChI=1S/C15H24N2O3.C2HF3O2/c1-4-18-14-6-5-13-15(14)19-8-7-17(13)9-12-10(2)16-20-11(12)3;3-2(4,5)1(6)7/h13-15H,4-9H2,1-3H3;(H,6,7)/t13-,14+,15+;/m0./s1. The Kier molecular flexibility index (Phi) is 7.24. The first-order chi connectivity index (χ1) is 12.6. The lowest BCUT2D eigenvalue weighted by Crippen LogP contribution is -2.51. The predicted octanol–water partition coefficient (Wildman–Crippen LogP) is 2.69. The second-order valence-corrected chi connectivity index (χ2v) is 6.55. The van der Waals surface area contributed by atoms with Crippen LogP contribution in [0.15, 0.2) is 4.52 Å². The van der Waals surface area contributed by atoms with Crippen LogP contribution in [0.5, 0.6) is 0 Å². The number of morpholine rings is 1. The van der Waals surface area contributed by atoms with Gasteiger partial charge >= 0.3 is 12.1 Å². The normalized spacial score (nSPS) is 25.6. The van der Waals surface area contributed by atoms with E-state index in [-0.39, 0.29) is 12.2 Å². The molecule has 1 aliphatic heterocycles. The molecule has 10 heteroatoms. The van der Waals surface area contributed by atoms with Crippen LogP contribution >= 0.6 is 0 Å². The number of halogens is 3. The number of ether oxygens (including phenoxy) is 2. The molecule has 1 aliphatic carbocycles. The summed E-state index contributed by atoms with van der Waals surface area (Å²) in [5.41, 5.74) is 2.23. The van der Waals surface area contributed by atoms with E-state index in [9.17, 15) is 13.2 Å². The number of aryl methyl sites for hydroxylation is 2. The van der Waals surface area contributed by atoms with E-state index >= 15 is 0 Å². The Hall–Kier alpha value is -1.65. The fourth-order valence-electron chi connectivity index (χ4n) is 3.51. The molecular formula is C17H25F3N2O5. The SMILES string of the molecule is CCO[C@@H]1CC[C@H]2[C@H]1OCCN2Cc1c(C)noc1C.O=C(O)C(F)(F)F. The van der Waals surface area contributed by atoms with Crippen molar-refractivity contribution in [2.45, 2.75) is 64.6 Å². The zero-order valence-electron chi connectivity index (χ0n) is 15.6. The fourth-order valence-corrected chi connectivity index (χ4v) is 3.51. The van der Waals surface area contributed by atoms with Crippen LogP contribution in [0, 0.1) is 13.8 Å². The Balaban J connectivity index is 0.000000321. The number of hydrogen-bond donors (Lipinski definition) is 1. The van der Waals surface area contributed by atoms with E-state index in [0.29, 0.717) is 6.04 Å². The number of alkyl halides is 3. The number of hydrogen-bond acceptors (Lipinski definition) is 6. The zero-order valence-corrected chi connectivity index (χ0v) is 15.6. The van der Waals surface area contributed by atoms with Gasteiger partial charge in [-0.3, -0.25) is 4.90 Å². The van der Waals surface area contributed by atoms with Crippen molar-refractivity contribution in [3.63, 3.8) is 0 Å². The highest BCUT2D eigenvalue weighted by Crippen LogP contribution is 2.33. The number of carboxylic acids is 1. The first-order valence-electron chi connectivity index (χ1n) is 8.84. The lowest BCUT2D eigenvalue weighted by atomic mass is 10.1. The maximum Gasteiger partial charge on any atom is 0.490 e. The van der Waals surface area contributed by atoms with Crippen LogP contribution < -0.4 is 0 Å². The molecular weight excluding hydrogens is 369 g/mol. The molecule has 0 radical (unpaired) electrons.